The number of alkyl halides is 3. The average molecular weight is 358 g/mol. The summed E-state index contributed by atoms with van der Waals surface area (Å²) in [6.07, 6.45) is -2.69. The number of aromatic nitrogens is 3. The summed E-state index contributed by atoms with van der Waals surface area (Å²) in [6, 6.07) is 10.5. The molecule has 4 aromatic rings. The highest BCUT2D eigenvalue weighted by atomic mass is 19.4. The Labute approximate surface area is 145 Å². The molecule has 1 aromatic carbocycles. The van der Waals surface area contributed by atoms with E-state index in [9.17, 15) is 13.2 Å². The summed E-state index contributed by atoms with van der Waals surface area (Å²) in [6.45, 7) is 0. The number of nitrogens with one attached hydrogen (secondary N) is 2. The van der Waals surface area contributed by atoms with Crippen LogP contribution in [0.2, 0.25) is 0 Å². The highest BCUT2D eigenvalue weighted by Crippen LogP contribution is 2.32. The summed E-state index contributed by atoms with van der Waals surface area (Å²) < 4.78 is 43.8. The first kappa shape index (κ1) is 16.2. The van der Waals surface area contributed by atoms with Crippen LogP contribution in [0.5, 0.6) is 5.88 Å². The number of rotatable bonds is 3. The van der Waals surface area contributed by atoms with Gasteiger partial charge in [-0.2, -0.15) is 13.2 Å². The van der Waals surface area contributed by atoms with Gasteiger partial charge in [-0.15, -0.1) is 0 Å². The van der Waals surface area contributed by atoms with Gasteiger partial charge in [0.25, 0.3) is 0 Å². The fraction of sp³-hybridized carbons (Fsp3) is 0.111. The van der Waals surface area contributed by atoms with E-state index in [1.807, 2.05) is 6.07 Å². The molecule has 0 spiro atoms. The first-order valence-electron chi connectivity index (χ1n) is 7.71. The molecule has 3 aromatic heterocycles. The summed E-state index contributed by atoms with van der Waals surface area (Å²) in [5.41, 5.74) is 1.63. The summed E-state index contributed by atoms with van der Waals surface area (Å²) in [5.74, 6) is 0.879. The maximum absolute atomic E-state index is 12.9. The van der Waals surface area contributed by atoms with E-state index in [1.165, 1.54) is 13.2 Å². The van der Waals surface area contributed by atoms with Crippen molar-refractivity contribution in [2.24, 2.45) is 0 Å². The lowest BCUT2D eigenvalue weighted by molar-refractivity contribution is -0.137. The van der Waals surface area contributed by atoms with Crippen LogP contribution in [0.3, 0.4) is 0 Å². The number of hydrogen-bond donors (Lipinski definition) is 2. The number of benzene rings is 1. The number of hydrogen-bond acceptors (Lipinski definition) is 4. The van der Waals surface area contributed by atoms with Crippen molar-refractivity contribution in [2.75, 3.05) is 12.4 Å². The number of anilines is 2. The van der Waals surface area contributed by atoms with Crippen LogP contribution in [0.4, 0.5) is 24.7 Å². The van der Waals surface area contributed by atoms with Crippen LogP contribution in [0.1, 0.15) is 5.56 Å². The Morgan fingerprint density at radius 1 is 1.04 bits per heavy atom. The van der Waals surface area contributed by atoms with Gasteiger partial charge in [0.1, 0.15) is 11.3 Å². The molecule has 3 heterocycles. The maximum atomic E-state index is 12.9. The number of fused-ring (bicyclic) bond motifs is 2. The monoisotopic (exact) mass is 358 g/mol. The standard InChI is InChI=1S/C18H13F3N4O/c1-26-16-7-5-12-17(25-16)14(9-22-12)24-15-6-3-10-2-4-11(18(19,20)21)8-13(10)23-15/h2-9,22H,1H3,(H,23,24). The highest BCUT2D eigenvalue weighted by Gasteiger charge is 2.30. The Hall–Kier alpha value is -3.29. The highest BCUT2D eigenvalue weighted by molar-refractivity contribution is 5.91. The van der Waals surface area contributed by atoms with E-state index >= 15 is 0 Å². The van der Waals surface area contributed by atoms with E-state index in [-0.39, 0.29) is 5.52 Å². The molecule has 0 radical (unpaired) electrons. The van der Waals surface area contributed by atoms with Gasteiger partial charge < -0.3 is 15.0 Å². The molecule has 2 N–H and O–H groups in total. The normalized spacial score (nSPS) is 11.8. The number of aromatic amines is 1. The molecular formula is C18H13F3N4O. The predicted molar refractivity (Wildman–Crippen MR) is 92.7 cm³/mol. The zero-order valence-corrected chi connectivity index (χ0v) is 13.6. The number of nitrogens with zero attached hydrogens (tertiary/aromatic N) is 2. The van der Waals surface area contributed by atoms with Crippen LogP contribution in [0.15, 0.2) is 48.7 Å². The Morgan fingerprint density at radius 3 is 2.62 bits per heavy atom. The number of H-pyrrole nitrogens is 1. The fourth-order valence-electron chi connectivity index (χ4n) is 2.69. The minimum atomic E-state index is -4.41. The van der Waals surface area contributed by atoms with E-state index in [4.69, 9.17) is 4.74 Å². The molecule has 0 fully saturated rings. The number of pyridine rings is 2. The average Bonchev–Trinajstić information content (AvgIpc) is 3.02. The smallest absolute Gasteiger partial charge is 0.416 e. The second kappa shape index (κ2) is 5.91. The molecule has 132 valence electrons. The topological polar surface area (TPSA) is 62.8 Å². The van der Waals surface area contributed by atoms with E-state index in [0.29, 0.717) is 28.3 Å². The third-order valence-electron chi connectivity index (χ3n) is 3.99. The minimum absolute atomic E-state index is 0.259. The minimum Gasteiger partial charge on any atom is -0.481 e. The zero-order valence-electron chi connectivity index (χ0n) is 13.6. The van der Waals surface area contributed by atoms with Gasteiger partial charge in [-0.1, -0.05) is 6.07 Å². The summed E-state index contributed by atoms with van der Waals surface area (Å²) in [4.78, 5) is 11.7. The van der Waals surface area contributed by atoms with Crippen molar-refractivity contribution in [3.8, 4) is 5.88 Å². The van der Waals surface area contributed by atoms with Gasteiger partial charge in [0.2, 0.25) is 5.88 Å². The van der Waals surface area contributed by atoms with E-state index < -0.39 is 11.7 Å². The third-order valence-corrected chi connectivity index (χ3v) is 3.99. The lowest BCUT2D eigenvalue weighted by Gasteiger charge is -2.09. The largest absolute Gasteiger partial charge is 0.481 e. The van der Waals surface area contributed by atoms with Gasteiger partial charge in [0.05, 0.1) is 29.4 Å². The second-order valence-electron chi connectivity index (χ2n) is 5.68. The van der Waals surface area contributed by atoms with Crippen molar-refractivity contribution in [3.63, 3.8) is 0 Å². The fourth-order valence-corrected chi connectivity index (χ4v) is 2.69. The molecule has 0 bridgehead atoms. The summed E-state index contributed by atoms with van der Waals surface area (Å²) in [7, 11) is 1.52. The molecule has 0 aliphatic rings. The maximum Gasteiger partial charge on any atom is 0.416 e. The number of ether oxygens (including phenoxy) is 1. The van der Waals surface area contributed by atoms with E-state index in [1.54, 1.807) is 24.4 Å². The molecule has 4 rings (SSSR count). The van der Waals surface area contributed by atoms with Gasteiger partial charge in [-0.05, 0) is 30.3 Å². The van der Waals surface area contributed by atoms with Crippen molar-refractivity contribution in [3.05, 3.63) is 54.2 Å². The molecule has 26 heavy (non-hydrogen) atoms. The molecule has 0 saturated carbocycles. The summed E-state index contributed by atoms with van der Waals surface area (Å²) in [5, 5.41) is 3.71. The Kier molecular flexibility index (Phi) is 3.68. The molecule has 5 nitrogen and oxygen atoms in total. The van der Waals surface area contributed by atoms with Crippen LogP contribution in [0.25, 0.3) is 21.9 Å². The molecule has 0 aliphatic carbocycles. The lowest BCUT2D eigenvalue weighted by Crippen LogP contribution is -2.04. The first-order chi connectivity index (χ1) is 12.4. The quantitative estimate of drug-likeness (QED) is 0.548. The summed E-state index contributed by atoms with van der Waals surface area (Å²) >= 11 is 0. The Bertz CT molecular complexity index is 1100. The van der Waals surface area contributed by atoms with Gasteiger partial charge >= 0.3 is 6.18 Å². The van der Waals surface area contributed by atoms with Gasteiger partial charge in [-0.3, -0.25) is 0 Å². The van der Waals surface area contributed by atoms with Crippen molar-refractivity contribution in [2.45, 2.75) is 6.18 Å². The predicted octanol–water partition coefficient (Wildman–Crippen LogP) is 4.88. The van der Waals surface area contributed by atoms with Crippen molar-refractivity contribution >= 4 is 33.4 Å². The van der Waals surface area contributed by atoms with Crippen molar-refractivity contribution < 1.29 is 17.9 Å². The van der Waals surface area contributed by atoms with Crippen LogP contribution in [-0.4, -0.2) is 22.1 Å². The van der Waals surface area contributed by atoms with Crippen LogP contribution < -0.4 is 10.1 Å². The molecule has 0 saturated heterocycles. The SMILES string of the molecule is COc1ccc2[nH]cc(Nc3ccc4ccc(C(F)(F)F)cc4n3)c2n1. The second-order valence-corrected chi connectivity index (χ2v) is 5.68. The third kappa shape index (κ3) is 2.90. The van der Waals surface area contributed by atoms with Crippen molar-refractivity contribution in [1.82, 2.24) is 15.0 Å². The van der Waals surface area contributed by atoms with Crippen LogP contribution in [0, 0.1) is 0 Å². The Morgan fingerprint density at radius 2 is 1.85 bits per heavy atom. The molecule has 8 heteroatoms. The molecule has 0 unspecified atom stereocenters. The van der Waals surface area contributed by atoms with E-state index in [2.05, 4.69) is 20.3 Å². The zero-order chi connectivity index (χ0) is 18.3. The number of halogens is 3. The lowest BCUT2D eigenvalue weighted by atomic mass is 10.1. The molecule has 0 atom stereocenters. The number of methoxy groups -OCH3 is 1. The molecular weight excluding hydrogens is 345 g/mol. The van der Waals surface area contributed by atoms with Gasteiger partial charge in [0.15, 0.2) is 0 Å². The molecule has 0 aliphatic heterocycles. The molecule has 0 amide bonds. The van der Waals surface area contributed by atoms with Crippen LogP contribution >= 0.6 is 0 Å². The van der Waals surface area contributed by atoms with Gasteiger partial charge in [0, 0.05) is 17.6 Å². The Balaban J connectivity index is 1.73. The first-order valence-corrected chi connectivity index (χ1v) is 7.71. The van der Waals surface area contributed by atoms with Crippen LogP contribution in [-0.2, 0) is 6.18 Å². The van der Waals surface area contributed by atoms with E-state index in [0.717, 1.165) is 17.6 Å². The van der Waals surface area contributed by atoms with Gasteiger partial charge in [-0.25, -0.2) is 9.97 Å². The van der Waals surface area contributed by atoms with Crippen molar-refractivity contribution in [1.29, 1.82) is 0 Å².